The minimum absolute atomic E-state index is 0.0970. The van der Waals surface area contributed by atoms with Crippen molar-refractivity contribution in [1.29, 1.82) is 0 Å². The quantitative estimate of drug-likeness (QED) is 0.762. The molecule has 82 valence electrons. The number of nitrogens with zero attached hydrogens (tertiary/aromatic N) is 2. The molecule has 1 rings (SSSR count). The van der Waals surface area contributed by atoms with Gasteiger partial charge in [-0.1, -0.05) is 0 Å². The SMILES string of the molecule is CC(C)(N)CC(=O)Nc1ccnc(Cl)n1. The molecule has 1 amide bonds. The summed E-state index contributed by atoms with van der Waals surface area (Å²) >= 11 is 5.56. The van der Waals surface area contributed by atoms with Gasteiger partial charge < -0.3 is 11.1 Å². The lowest BCUT2D eigenvalue weighted by molar-refractivity contribution is -0.117. The largest absolute Gasteiger partial charge is 0.325 e. The fourth-order valence-electron chi connectivity index (χ4n) is 1.01. The molecule has 0 radical (unpaired) electrons. The van der Waals surface area contributed by atoms with E-state index in [1.807, 2.05) is 0 Å². The van der Waals surface area contributed by atoms with Gasteiger partial charge in [0.05, 0.1) is 0 Å². The van der Waals surface area contributed by atoms with E-state index in [0.29, 0.717) is 5.82 Å². The van der Waals surface area contributed by atoms with E-state index in [1.54, 1.807) is 19.9 Å². The van der Waals surface area contributed by atoms with Crippen LogP contribution >= 0.6 is 11.6 Å². The van der Waals surface area contributed by atoms with Crippen LogP contribution in [0.15, 0.2) is 12.3 Å². The van der Waals surface area contributed by atoms with Crippen LogP contribution in [-0.4, -0.2) is 21.4 Å². The lowest BCUT2D eigenvalue weighted by atomic mass is 10.0. The van der Waals surface area contributed by atoms with Gasteiger partial charge in [-0.05, 0) is 31.5 Å². The van der Waals surface area contributed by atoms with E-state index in [9.17, 15) is 4.79 Å². The fraction of sp³-hybridized carbons (Fsp3) is 0.444. The third kappa shape index (κ3) is 4.71. The molecule has 0 bridgehead atoms. The molecule has 1 heterocycles. The summed E-state index contributed by atoms with van der Waals surface area (Å²) in [4.78, 5) is 19.0. The highest BCUT2D eigenvalue weighted by Crippen LogP contribution is 2.09. The third-order valence-corrected chi connectivity index (χ3v) is 1.69. The van der Waals surface area contributed by atoms with E-state index in [4.69, 9.17) is 17.3 Å². The summed E-state index contributed by atoms with van der Waals surface area (Å²) in [7, 11) is 0. The predicted octanol–water partition coefficient (Wildman–Crippen LogP) is 1.20. The van der Waals surface area contributed by atoms with Crippen molar-refractivity contribution in [2.24, 2.45) is 5.73 Å². The summed E-state index contributed by atoms with van der Waals surface area (Å²) in [5, 5.41) is 2.68. The third-order valence-electron chi connectivity index (χ3n) is 1.51. The Morgan fingerprint density at radius 2 is 2.33 bits per heavy atom. The van der Waals surface area contributed by atoms with E-state index in [1.165, 1.54) is 6.20 Å². The Bertz CT molecular complexity index is 361. The first-order valence-corrected chi connectivity index (χ1v) is 4.82. The number of carbonyl (C=O) groups is 1. The number of anilines is 1. The predicted molar refractivity (Wildman–Crippen MR) is 58.6 cm³/mol. The van der Waals surface area contributed by atoms with Crippen molar-refractivity contribution in [3.05, 3.63) is 17.5 Å². The van der Waals surface area contributed by atoms with Crippen LogP contribution < -0.4 is 11.1 Å². The molecule has 6 heteroatoms. The van der Waals surface area contributed by atoms with Gasteiger partial charge in [0.25, 0.3) is 0 Å². The standard InChI is InChI=1S/C9H13ClN4O/c1-9(2,11)5-7(15)13-6-3-4-12-8(10)14-6/h3-4H,5,11H2,1-2H3,(H,12,13,14,15). The lowest BCUT2D eigenvalue weighted by Crippen LogP contribution is -2.36. The molecule has 0 aliphatic rings. The van der Waals surface area contributed by atoms with Crippen LogP contribution in [-0.2, 0) is 4.79 Å². The fourth-order valence-corrected chi connectivity index (χ4v) is 1.15. The molecule has 0 aliphatic heterocycles. The maximum absolute atomic E-state index is 11.4. The molecule has 3 N–H and O–H groups in total. The van der Waals surface area contributed by atoms with Gasteiger partial charge in [-0.15, -0.1) is 0 Å². The maximum Gasteiger partial charge on any atom is 0.227 e. The number of aromatic nitrogens is 2. The number of carbonyl (C=O) groups excluding carboxylic acids is 1. The Hall–Kier alpha value is -1.20. The smallest absolute Gasteiger partial charge is 0.227 e. The average molecular weight is 229 g/mol. The Balaban J connectivity index is 2.59. The number of halogens is 1. The van der Waals surface area contributed by atoms with E-state index < -0.39 is 5.54 Å². The van der Waals surface area contributed by atoms with Gasteiger partial charge in [0, 0.05) is 18.2 Å². The zero-order valence-corrected chi connectivity index (χ0v) is 9.38. The number of nitrogens with one attached hydrogen (secondary N) is 1. The molecular formula is C9H13ClN4O. The van der Waals surface area contributed by atoms with Crippen molar-refractivity contribution in [1.82, 2.24) is 9.97 Å². The molecule has 0 aliphatic carbocycles. The Kier molecular flexibility index (Phi) is 3.60. The first-order valence-electron chi connectivity index (χ1n) is 4.44. The number of hydrogen-bond donors (Lipinski definition) is 2. The first kappa shape index (κ1) is 11.9. The summed E-state index contributed by atoms with van der Waals surface area (Å²) in [6.45, 7) is 3.55. The van der Waals surface area contributed by atoms with Gasteiger partial charge in [-0.25, -0.2) is 9.97 Å². The monoisotopic (exact) mass is 228 g/mol. The minimum Gasteiger partial charge on any atom is -0.325 e. The van der Waals surface area contributed by atoms with Crippen LogP contribution in [0, 0.1) is 0 Å². The van der Waals surface area contributed by atoms with Crippen LogP contribution in [0.4, 0.5) is 5.82 Å². The number of hydrogen-bond acceptors (Lipinski definition) is 4. The molecule has 0 fully saturated rings. The topological polar surface area (TPSA) is 80.9 Å². The highest BCUT2D eigenvalue weighted by atomic mass is 35.5. The normalized spacial score (nSPS) is 11.2. The van der Waals surface area contributed by atoms with Gasteiger partial charge in [-0.2, -0.15) is 0 Å². The van der Waals surface area contributed by atoms with E-state index >= 15 is 0 Å². The first-order chi connectivity index (χ1) is 6.87. The molecule has 0 saturated heterocycles. The summed E-state index contributed by atoms with van der Waals surface area (Å²) in [5.74, 6) is 0.182. The van der Waals surface area contributed by atoms with Gasteiger partial charge in [-0.3, -0.25) is 4.79 Å². The molecule has 15 heavy (non-hydrogen) atoms. The highest BCUT2D eigenvalue weighted by Gasteiger charge is 2.16. The summed E-state index contributed by atoms with van der Waals surface area (Å²) in [5.41, 5.74) is 5.16. The summed E-state index contributed by atoms with van der Waals surface area (Å²) in [6.07, 6.45) is 1.69. The van der Waals surface area contributed by atoms with Crippen molar-refractivity contribution in [3.8, 4) is 0 Å². The number of nitrogens with two attached hydrogens (primary N) is 1. The van der Waals surface area contributed by atoms with Crippen molar-refractivity contribution in [3.63, 3.8) is 0 Å². The highest BCUT2D eigenvalue weighted by molar-refractivity contribution is 6.28. The zero-order chi connectivity index (χ0) is 11.5. The molecule has 0 aromatic carbocycles. The van der Waals surface area contributed by atoms with Crippen molar-refractivity contribution in [2.45, 2.75) is 25.8 Å². The van der Waals surface area contributed by atoms with E-state index in [-0.39, 0.29) is 17.6 Å². The summed E-state index contributed by atoms with van der Waals surface area (Å²) < 4.78 is 0. The van der Waals surface area contributed by atoms with Gasteiger partial charge in [0.2, 0.25) is 11.2 Å². The van der Waals surface area contributed by atoms with Crippen LogP contribution in [0.3, 0.4) is 0 Å². The second kappa shape index (κ2) is 4.55. The molecule has 0 saturated carbocycles. The molecule has 0 spiro atoms. The Morgan fingerprint density at radius 3 is 2.87 bits per heavy atom. The molecule has 0 atom stereocenters. The maximum atomic E-state index is 11.4. The number of amides is 1. The Labute approximate surface area is 93.0 Å². The second-order valence-electron chi connectivity index (χ2n) is 3.92. The van der Waals surface area contributed by atoms with Crippen LogP contribution in [0.2, 0.25) is 5.28 Å². The second-order valence-corrected chi connectivity index (χ2v) is 4.26. The van der Waals surface area contributed by atoms with Crippen LogP contribution in [0.1, 0.15) is 20.3 Å². The zero-order valence-electron chi connectivity index (χ0n) is 8.62. The van der Waals surface area contributed by atoms with Gasteiger partial charge in [0.1, 0.15) is 5.82 Å². The molecule has 0 unspecified atom stereocenters. The van der Waals surface area contributed by atoms with Crippen molar-refractivity contribution < 1.29 is 4.79 Å². The van der Waals surface area contributed by atoms with Crippen LogP contribution in [0.25, 0.3) is 0 Å². The van der Waals surface area contributed by atoms with E-state index in [0.717, 1.165) is 0 Å². The van der Waals surface area contributed by atoms with Gasteiger partial charge >= 0.3 is 0 Å². The van der Waals surface area contributed by atoms with Crippen molar-refractivity contribution in [2.75, 3.05) is 5.32 Å². The molecular weight excluding hydrogens is 216 g/mol. The molecule has 1 aromatic rings. The Morgan fingerprint density at radius 1 is 1.67 bits per heavy atom. The van der Waals surface area contributed by atoms with Gasteiger partial charge in [0.15, 0.2) is 0 Å². The minimum atomic E-state index is -0.541. The summed E-state index contributed by atoms with van der Waals surface area (Å²) in [6, 6.07) is 1.56. The van der Waals surface area contributed by atoms with E-state index in [2.05, 4.69) is 15.3 Å². The average Bonchev–Trinajstić information content (AvgIpc) is 1.99. The van der Waals surface area contributed by atoms with Crippen molar-refractivity contribution >= 4 is 23.3 Å². The molecule has 5 nitrogen and oxygen atoms in total. The van der Waals surface area contributed by atoms with Crippen LogP contribution in [0.5, 0.6) is 0 Å². The molecule has 1 aromatic heterocycles. The lowest BCUT2D eigenvalue weighted by Gasteiger charge is -2.17. The number of rotatable bonds is 3.